The van der Waals surface area contributed by atoms with Crippen molar-refractivity contribution in [3.8, 4) is 0 Å². The summed E-state index contributed by atoms with van der Waals surface area (Å²) in [4.78, 5) is 0. The first-order chi connectivity index (χ1) is 1.73. The van der Waals surface area contributed by atoms with E-state index in [9.17, 15) is 0 Å². The van der Waals surface area contributed by atoms with Gasteiger partial charge in [0.1, 0.15) is 0 Å². The van der Waals surface area contributed by atoms with Gasteiger partial charge in [-0.1, -0.05) is 0 Å². The Hall–Kier alpha value is 1.34. The van der Waals surface area contributed by atoms with Crippen LogP contribution in [0.2, 0.25) is 0 Å². The molecule has 0 heterocycles. The predicted molar refractivity (Wildman–Crippen MR) is 17.9 cm³/mol. The summed E-state index contributed by atoms with van der Waals surface area (Å²) >= 11 is -3.69. The minimum absolute atomic E-state index is 0. The molecule has 0 radical (unpaired) electrons. The zero-order chi connectivity index (χ0) is 3.58. The third kappa shape index (κ3) is 56.1. The van der Waals surface area contributed by atoms with Crippen molar-refractivity contribution in [1.29, 1.82) is 0 Å². The van der Waals surface area contributed by atoms with Gasteiger partial charge < -0.3 is 0 Å². The summed E-state index contributed by atoms with van der Waals surface area (Å²) < 4.78 is 24.4. The van der Waals surface area contributed by atoms with Crippen LogP contribution in [0.15, 0.2) is 0 Å². The molecule has 0 aliphatic carbocycles. The van der Waals surface area contributed by atoms with Crippen molar-refractivity contribution in [3.05, 3.63) is 0 Å². The Morgan fingerprint density at radius 1 is 1.17 bits per heavy atom. The van der Waals surface area contributed by atoms with Gasteiger partial charge in [0.05, 0.1) is 0 Å². The van der Waals surface area contributed by atoms with Crippen LogP contribution in [-0.4, -0.2) is 41.8 Å². The Balaban J connectivity index is -0.0000000450. The Kier molecular flexibility index (Phi) is 25.1. The third-order valence-electron chi connectivity index (χ3n) is 0. The first-order valence-electron chi connectivity index (χ1n) is 0.565. The number of rotatable bonds is 0. The van der Waals surface area contributed by atoms with Crippen LogP contribution >= 0.6 is 0 Å². The predicted octanol–water partition coefficient (Wildman–Crippen LogP) is -2.09. The Morgan fingerprint density at radius 2 is 1.17 bits per heavy atom. The van der Waals surface area contributed by atoms with Gasteiger partial charge in [-0.05, 0) is 0 Å². The average molecular weight is 116 g/mol. The zero-order valence-corrected chi connectivity index (χ0v) is 3.11. The van der Waals surface area contributed by atoms with Crippen molar-refractivity contribution in [2.24, 2.45) is 0 Å². The van der Waals surface area contributed by atoms with E-state index in [1.54, 1.807) is 0 Å². The third-order valence-corrected chi connectivity index (χ3v) is 0. The van der Waals surface area contributed by atoms with E-state index in [-0.39, 0.29) is 37.7 Å². The molecular weight excluding hydrogens is 113 g/mol. The fourth-order valence-corrected chi connectivity index (χ4v) is 0. The van der Waals surface area contributed by atoms with Crippen molar-refractivity contribution in [3.63, 3.8) is 0 Å². The van der Waals surface area contributed by atoms with Crippen LogP contribution in [0.4, 0.5) is 0 Å². The first-order valence-corrected chi connectivity index (χ1v) is 2.33. The maximum atomic E-state index is 8.67. The fraction of sp³-hybridized carbons (Fsp3) is 0. The molecule has 6 heavy (non-hydrogen) atoms. The summed E-state index contributed by atoms with van der Waals surface area (Å²) in [6, 6.07) is 0. The minimum atomic E-state index is -3.69. The summed E-state index contributed by atoms with van der Waals surface area (Å²) in [6.45, 7) is 0. The molecule has 0 atom stereocenters. The van der Waals surface area contributed by atoms with Gasteiger partial charge >= 0.3 is 64.5 Å². The summed E-state index contributed by atoms with van der Waals surface area (Å²) in [5.74, 6) is 0. The Bertz CT molecular complexity index is 57.2. The molecule has 3 nitrogen and oxygen atoms in total. The maximum absolute atomic E-state index is 8.67. The van der Waals surface area contributed by atoms with Crippen molar-refractivity contribution < 1.29 is 26.8 Å². The van der Waals surface area contributed by atoms with Crippen LogP contribution in [0, 0.1) is 0 Å². The number of hydrogen-bond acceptors (Lipinski definition) is 2. The monoisotopic (exact) mass is 116 g/mol. The van der Waals surface area contributed by atoms with E-state index < -0.39 is 15.4 Å². The molecular formula is H3Li2O3V. The van der Waals surface area contributed by atoms with E-state index in [0.29, 0.717) is 0 Å². The molecule has 28 valence electrons. The molecule has 0 unspecified atom stereocenters. The Labute approximate surface area is 64.2 Å². The van der Waals surface area contributed by atoms with Crippen LogP contribution in [-0.2, 0) is 22.7 Å². The quantitative estimate of drug-likeness (QED) is 0.369. The fourth-order valence-electron chi connectivity index (χ4n) is 0. The molecule has 6 heteroatoms. The van der Waals surface area contributed by atoms with Crippen LogP contribution in [0.3, 0.4) is 0 Å². The van der Waals surface area contributed by atoms with Crippen LogP contribution in [0.5, 0.6) is 0 Å². The van der Waals surface area contributed by atoms with Crippen molar-refractivity contribution >= 4 is 37.7 Å². The number of hydrogen-bond donors (Lipinski definition) is 1. The van der Waals surface area contributed by atoms with Gasteiger partial charge in [0.2, 0.25) is 0 Å². The van der Waals surface area contributed by atoms with Gasteiger partial charge in [0, 0.05) is 0 Å². The summed E-state index contributed by atoms with van der Waals surface area (Å²) in [7, 11) is 0. The van der Waals surface area contributed by atoms with Crippen LogP contribution in [0.1, 0.15) is 0 Å². The molecule has 0 saturated heterocycles. The van der Waals surface area contributed by atoms with E-state index in [2.05, 4.69) is 0 Å². The second kappa shape index (κ2) is 9.60. The standard InChI is InChI=1S/2Li.H2O.2O.V.2H/h;;1H2;;;;;/q;;;;;+1;;/p-1. The summed E-state index contributed by atoms with van der Waals surface area (Å²) in [5, 5.41) is 0. The summed E-state index contributed by atoms with van der Waals surface area (Å²) in [6.07, 6.45) is 0. The van der Waals surface area contributed by atoms with E-state index in [0.717, 1.165) is 0 Å². The molecule has 0 aromatic carbocycles. The Morgan fingerprint density at radius 3 is 1.17 bits per heavy atom. The molecule has 0 aromatic heterocycles. The van der Waals surface area contributed by atoms with Gasteiger partial charge in [-0.25, -0.2) is 0 Å². The van der Waals surface area contributed by atoms with Crippen molar-refractivity contribution in [2.75, 3.05) is 0 Å². The van der Waals surface area contributed by atoms with E-state index >= 15 is 0 Å². The average Bonchev–Trinajstić information content (AvgIpc) is 0.811. The van der Waals surface area contributed by atoms with Crippen molar-refractivity contribution in [2.45, 2.75) is 0 Å². The second-order valence-corrected chi connectivity index (χ2v) is 0.981. The van der Waals surface area contributed by atoms with Crippen LogP contribution < -0.4 is 0 Å². The van der Waals surface area contributed by atoms with Gasteiger partial charge in [-0.2, -0.15) is 0 Å². The second-order valence-electron chi connectivity index (χ2n) is 0.238. The van der Waals surface area contributed by atoms with Gasteiger partial charge in [0.25, 0.3) is 0 Å². The van der Waals surface area contributed by atoms with Gasteiger partial charge in [0.15, 0.2) is 0 Å². The molecule has 0 aromatic rings. The topological polar surface area (TPSA) is 54.4 Å². The molecule has 0 rings (SSSR count). The molecule has 0 amide bonds. The molecule has 0 fully saturated rings. The molecule has 0 spiro atoms. The van der Waals surface area contributed by atoms with E-state index in [1.165, 1.54) is 0 Å². The molecule has 0 saturated carbocycles. The molecule has 0 aliphatic heterocycles. The van der Waals surface area contributed by atoms with Gasteiger partial charge in [-0.3, -0.25) is 0 Å². The molecule has 1 N–H and O–H groups in total. The summed E-state index contributed by atoms with van der Waals surface area (Å²) in [5.41, 5.74) is 0. The van der Waals surface area contributed by atoms with E-state index in [1.807, 2.05) is 0 Å². The molecule has 0 bridgehead atoms. The van der Waals surface area contributed by atoms with Crippen molar-refractivity contribution in [1.82, 2.24) is 0 Å². The van der Waals surface area contributed by atoms with E-state index in [4.69, 9.17) is 11.4 Å². The SMILES string of the molecule is [LiH].[LiH].[O]=[V](=[O])[OH]. The first kappa shape index (κ1) is 15.7. The van der Waals surface area contributed by atoms with Crippen LogP contribution in [0.25, 0.3) is 0 Å². The zero-order valence-electron chi connectivity index (χ0n) is 1.71. The molecule has 0 aliphatic rings. The van der Waals surface area contributed by atoms with Gasteiger partial charge in [-0.15, -0.1) is 0 Å². The normalized spacial score (nSPS) is 4.17.